The van der Waals surface area contributed by atoms with Gasteiger partial charge in [-0.3, -0.25) is 4.57 Å². The predicted molar refractivity (Wildman–Crippen MR) is 217 cm³/mol. The van der Waals surface area contributed by atoms with Crippen LogP contribution in [0, 0.1) is 0 Å². The highest BCUT2D eigenvalue weighted by Gasteiger charge is 2.19. The van der Waals surface area contributed by atoms with Gasteiger partial charge in [0.15, 0.2) is 0 Å². The molecule has 0 bridgehead atoms. The van der Waals surface area contributed by atoms with E-state index in [4.69, 9.17) is 9.97 Å². The summed E-state index contributed by atoms with van der Waals surface area (Å²) in [6, 6.07) is 65.0. The van der Waals surface area contributed by atoms with Crippen molar-refractivity contribution in [3.05, 3.63) is 182 Å². The standard InChI is InChI=1S/C48H30N4/c1-2-13-32(14-3-1)47-39-18-6-9-19-42(39)49-48(50-47)52-44-21-11-8-17-38(44)41-30-35(24-27-46(41)52)34-23-26-45-40(29-34)37-16-7-10-20-43(37)51(45)36-25-22-31-12-4-5-15-33(31)28-36/h1-30H. The average molecular weight is 663 g/mol. The second-order valence-electron chi connectivity index (χ2n) is 13.5. The van der Waals surface area contributed by atoms with Gasteiger partial charge in [0, 0.05) is 38.2 Å². The molecule has 3 heterocycles. The largest absolute Gasteiger partial charge is 0.309 e. The smallest absolute Gasteiger partial charge is 0.235 e. The Bertz CT molecular complexity index is 3190. The third-order valence-corrected chi connectivity index (χ3v) is 10.5. The van der Waals surface area contributed by atoms with Gasteiger partial charge in [0.25, 0.3) is 0 Å². The maximum Gasteiger partial charge on any atom is 0.235 e. The first-order valence-electron chi connectivity index (χ1n) is 17.7. The van der Waals surface area contributed by atoms with Gasteiger partial charge in [-0.25, -0.2) is 9.97 Å². The first-order valence-corrected chi connectivity index (χ1v) is 17.7. The van der Waals surface area contributed by atoms with Gasteiger partial charge < -0.3 is 4.57 Å². The Morgan fingerprint density at radius 1 is 0.327 bits per heavy atom. The molecule has 0 amide bonds. The number of fused-ring (bicyclic) bond motifs is 8. The average Bonchev–Trinajstić information content (AvgIpc) is 3.73. The van der Waals surface area contributed by atoms with Crippen molar-refractivity contribution >= 4 is 65.3 Å². The van der Waals surface area contributed by atoms with Crippen molar-refractivity contribution in [2.45, 2.75) is 0 Å². The van der Waals surface area contributed by atoms with E-state index in [1.165, 1.54) is 60.2 Å². The van der Waals surface area contributed by atoms with E-state index in [1.807, 2.05) is 12.1 Å². The maximum atomic E-state index is 5.25. The minimum absolute atomic E-state index is 0.666. The number of para-hydroxylation sites is 3. The van der Waals surface area contributed by atoms with E-state index in [-0.39, 0.29) is 0 Å². The molecule has 11 aromatic rings. The van der Waals surface area contributed by atoms with Crippen molar-refractivity contribution in [1.82, 2.24) is 19.1 Å². The molecule has 0 aliphatic carbocycles. The molecule has 11 rings (SSSR count). The van der Waals surface area contributed by atoms with Crippen LogP contribution >= 0.6 is 0 Å². The van der Waals surface area contributed by atoms with Gasteiger partial charge in [-0.05, 0) is 76.5 Å². The summed E-state index contributed by atoms with van der Waals surface area (Å²) in [5.74, 6) is 0.666. The van der Waals surface area contributed by atoms with E-state index in [2.05, 4.69) is 179 Å². The van der Waals surface area contributed by atoms with Crippen LogP contribution in [0.15, 0.2) is 182 Å². The summed E-state index contributed by atoms with van der Waals surface area (Å²) >= 11 is 0. The van der Waals surface area contributed by atoms with E-state index >= 15 is 0 Å². The van der Waals surface area contributed by atoms with Crippen molar-refractivity contribution in [3.63, 3.8) is 0 Å². The number of rotatable bonds is 4. The van der Waals surface area contributed by atoms with E-state index in [1.54, 1.807) is 0 Å². The van der Waals surface area contributed by atoms with E-state index in [9.17, 15) is 0 Å². The second kappa shape index (κ2) is 11.2. The Labute approximate surface area is 299 Å². The lowest BCUT2D eigenvalue weighted by atomic mass is 10.0. The maximum absolute atomic E-state index is 5.25. The lowest BCUT2D eigenvalue weighted by Gasteiger charge is -2.12. The zero-order chi connectivity index (χ0) is 34.2. The molecule has 0 spiro atoms. The minimum Gasteiger partial charge on any atom is -0.309 e. The highest BCUT2D eigenvalue weighted by molar-refractivity contribution is 6.13. The molecule has 8 aromatic carbocycles. The molecule has 4 heteroatoms. The second-order valence-corrected chi connectivity index (χ2v) is 13.5. The van der Waals surface area contributed by atoms with Crippen LogP contribution in [-0.2, 0) is 0 Å². The van der Waals surface area contributed by atoms with E-state index in [0.29, 0.717) is 5.95 Å². The van der Waals surface area contributed by atoms with Crippen molar-refractivity contribution in [3.8, 4) is 34.0 Å². The van der Waals surface area contributed by atoms with Gasteiger partial charge in [0.05, 0.1) is 33.3 Å². The summed E-state index contributed by atoms with van der Waals surface area (Å²) < 4.78 is 4.61. The monoisotopic (exact) mass is 662 g/mol. The Balaban J connectivity index is 1.10. The Kier molecular flexibility index (Phi) is 6.22. The van der Waals surface area contributed by atoms with Crippen LogP contribution in [0.3, 0.4) is 0 Å². The van der Waals surface area contributed by atoms with Crippen LogP contribution in [0.2, 0.25) is 0 Å². The topological polar surface area (TPSA) is 35.6 Å². The zero-order valence-electron chi connectivity index (χ0n) is 28.1. The van der Waals surface area contributed by atoms with Crippen molar-refractivity contribution < 1.29 is 0 Å². The molecular formula is C48H30N4. The first-order chi connectivity index (χ1) is 25.8. The molecule has 0 aliphatic heterocycles. The SMILES string of the molecule is c1ccc(-c2nc(-n3c4ccccc4c4cc(-c5ccc6c(c5)c5ccccc5n6-c5ccc6ccccc6c5)ccc43)nc3ccccc23)cc1. The number of benzene rings is 8. The van der Waals surface area contributed by atoms with Crippen molar-refractivity contribution in [2.24, 2.45) is 0 Å². The molecule has 52 heavy (non-hydrogen) atoms. The van der Waals surface area contributed by atoms with Crippen molar-refractivity contribution in [1.29, 1.82) is 0 Å². The highest BCUT2D eigenvalue weighted by atomic mass is 15.2. The summed E-state index contributed by atoms with van der Waals surface area (Å²) in [4.78, 5) is 10.4. The fourth-order valence-electron chi connectivity index (χ4n) is 8.09. The van der Waals surface area contributed by atoms with Crippen LogP contribution in [-0.4, -0.2) is 19.1 Å². The van der Waals surface area contributed by atoms with Crippen LogP contribution in [0.1, 0.15) is 0 Å². The Hall–Kier alpha value is -7.04. The van der Waals surface area contributed by atoms with Crippen molar-refractivity contribution in [2.75, 3.05) is 0 Å². The molecule has 0 saturated heterocycles. The van der Waals surface area contributed by atoms with Gasteiger partial charge >= 0.3 is 0 Å². The summed E-state index contributed by atoms with van der Waals surface area (Å²) in [6.45, 7) is 0. The number of aromatic nitrogens is 4. The number of nitrogens with zero attached hydrogens (tertiary/aromatic N) is 4. The van der Waals surface area contributed by atoms with Crippen LogP contribution in [0.25, 0.3) is 99.3 Å². The van der Waals surface area contributed by atoms with Gasteiger partial charge in [-0.2, -0.15) is 0 Å². The van der Waals surface area contributed by atoms with Gasteiger partial charge in [0.2, 0.25) is 5.95 Å². The molecule has 242 valence electrons. The molecule has 0 N–H and O–H groups in total. The number of hydrogen-bond donors (Lipinski definition) is 0. The Morgan fingerprint density at radius 3 is 1.62 bits per heavy atom. The lowest BCUT2D eigenvalue weighted by molar-refractivity contribution is 1.01. The fourth-order valence-corrected chi connectivity index (χ4v) is 8.09. The molecule has 3 aromatic heterocycles. The highest BCUT2D eigenvalue weighted by Crippen LogP contribution is 2.39. The molecule has 0 atom stereocenters. The molecule has 0 radical (unpaired) electrons. The van der Waals surface area contributed by atoms with Crippen LogP contribution in [0.4, 0.5) is 0 Å². The molecule has 0 aliphatic rings. The third kappa shape index (κ3) is 4.34. The Morgan fingerprint density at radius 2 is 0.885 bits per heavy atom. The number of hydrogen-bond acceptors (Lipinski definition) is 2. The third-order valence-electron chi connectivity index (χ3n) is 10.5. The van der Waals surface area contributed by atoms with Gasteiger partial charge in [0.1, 0.15) is 0 Å². The fraction of sp³-hybridized carbons (Fsp3) is 0. The quantitative estimate of drug-likeness (QED) is 0.188. The molecule has 0 unspecified atom stereocenters. The summed E-state index contributed by atoms with van der Waals surface area (Å²) in [5, 5.41) is 8.35. The minimum atomic E-state index is 0.666. The summed E-state index contributed by atoms with van der Waals surface area (Å²) in [7, 11) is 0. The first kappa shape index (κ1) is 28.8. The van der Waals surface area contributed by atoms with Gasteiger partial charge in [-0.15, -0.1) is 0 Å². The molecule has 0 saturated carbocycles. The van der Waals surface area contributed by atoms with Gasteiger partial charge in [-0.1, -0.05) is 127 Å². The normalized spacial score (nSPS) is 11.8. The van der Waals surface area contributed by atoms with E-state index in [0.717, 1.165) is 33.2 Å². The molecule has 0 fully saturated rings. The zero-order valence-corrected chi connectivity index (χ0v) is 28.1. The molecular weight excluding hydrogens is 633 g/mol. The van der Waals surface area contributed by atoms with E-state index < -0.39 is 0 Å². The predicted octanol–water partition coefficient (Wildman–Crippen LogP) is 12.3. The van der Waals surface area contributed by atoms with Crippen LogP contribution in [0.5, 0.6) is 0 Å². The molecule has 4 nitrogen and oxygen atoms in total. The van der Waals surface area contributed by atoms with Crippen LogP contribution < -0.4 is 0 Å². The lowest BCUT2D eigenvalue weighted by Crippen LogP contribution is -2.03. The summed E-state index contributed by atoms with van der Waals surface area (Å²) in [5.41, 5.74) is 11.0. The summed E-state index contributed by atoms with van der Waals surface area (Å²) in [6.07, 6.45) is 0.